The Kier molecular flexibility index (Phi) is 3.83. The van der Waals surface area contributed by atoms with E-state index < -0.39 is 5.60 Å². The van der Waals surface area contributed by atoms with Crippen molar-refractivity contribution in [2.45, 2.75) is 18.1 Å². The molecule has 3 rings (SSSR count). The summed E-state index contributed by atoms with van der Waals surface area (Å²) < 4.78 is 12.8. The summed E-state index contributed by atoms with van der Waals surface area (Å²) in [7, 11) is 0. The maximum absolute atomic E-state index is 10.5. The molecule has 0 amide bonds. The van der Waals surface area contributed by atoms with Crippen LogP contribution in [0.5, 0.6) is 0 Å². The number of β-amino-alcohol motifs (C(OH)–C–C–N with tert-alkyl or cyclic N) is 1. The first-order valence-electron chi connectivity index (χ1n) is 6.85. The standard InChI is InChI=1S/C13H21N3O3/c17-13(10-18-6-7-19-11-13)9-15-5-2-12(8-15)16-4-1-3-14-16/h1,3-4,12,17H,2,5-11H2. The molecule has 1 N–H and O–H groups in total. The van der Waals surface area contributed by atoms with Crippen molar-refractivity contribution >= 4 is 0 Å². The summed E-state index contributed by atoms with van der Waals surface area (Å²) in [5, 5.41) is 14.8. The van der Waals surface area contributed by atoms with Crippen LogP contribution in [0.3, 0.4) is 0 Å². The van der Waals surface area contributed by atoms with Gasteiger partial charge in [0.15, 0.2) is 0 Å². The highest BCUT2D eigenvalue weighted by Crippen LogP contribution is 2.23. The van der Waals surface area contributed by atoms with Gasteiger partial charge in [-0.05, 0) is 12.5 Å². The molecule has 0 aromatic carbocycles. The number of rotatable bonds is 3. The van der Waals surface area contributed by atoms with Crippen LogP contribution >= 0.6 is 0 Å². The van der Waals surface area contributed by atoms with Crippen molar-refractivity contribution < 1.29 is 14.6 Å². The molecular formula is C13H21N3O3. The highest BCUT2D eigenvalue weighted by Gasteiger charge is 2.35. The minimum absolute atomic E-state index is 0.357. The molecule has 1 aromatic rings. The summed E-state index contributed by atoms with van der Waals surface area (Å²) in [5.74, 6) is 0. The van der Waals surface area contributed by atoms with E-state index in [0.717, 1.165) is 19.5 Å². The van der Waals surface area contributed by atoms with Crippen LogP contribution in [0.1, 0.15) is 12.5 Å². The summed E-state index contributed by atoms with van der Waals surface area (Å²) in [6.45, 7) is 4.35. The van der Waals surface area contributed by atoms with Crippen LogP contribution in [0, 0.1) is 0 Å². The lowest BCUT2D eigenvalue weighted by atomic mass is 10.1. The van der Waals surface area contributed by atoms with E-state index in [2.05, 4.69) is 10.00 Å². The molecule has 2 saturated heterocycles. The van der Waals surface area contributed by atoms with Gasteiger partial charge in [-0.1, -0.05) is 0 Å². The van der Waals surface area contributed by atoms with Gasteiger partial charge in [0.1, 0.15) is 5.60 Å². The van der Waals surface area contributed by atoms with Gasteiger partial charge in [0.05, 0.1) is 32.5 Å². The molecular weight excluding hydrogens is 246 g/mol. The molecule has 0 aliphatic carbocycles. The molecule has 2 fully saturated rings. The lowest BCUT2D eigenvalue weighted by molar-refractivity contribution is -0.0715. The van der Waals surface area contributed by atoms with E-state index in [0.29, 0.717) is 39.0 Å². The van der Waals surface area contributed by atoms with E-state index in [1.165, 1.54) is 0 Å². The van der Waals surface area contributed by atoms with Crippen LogP contribution in [0.15, 0.2) is 18.5 Å². The summed E-state index contributed by atoms with van der Waals surface area (Å²) >= 11 is 0. The molecule has 0 spiro atoms. The molecule has 0 radical (unpaired) electrons. The molecule has 1 atom stereocenters. The molecule has 3 heterocycles. The Hall–Kier alpha value is -0.950. The van der Waals surface area contributed by atoms with Crippen LogP contribution in [-0.2, 0) is 9.47 Å². The Morgan fingerprint density at radius 1 is 1.32 bits per heavy atom. The SMILES string of the molecule is OC1(CN2CCC(n3cccn3)C2)COCCOC1. The van der Waals surface area contributed by atoms with Crippen molar-refractivity contribution in [3.63, 3.8) is 0 Å². The van der Waals surface area contributed by atoms with Crippen LogP contribution in [-0.4, -0.2) is 71.4 Å². The number of hydrogen-bond donors (Lipinski definition) is 1. The van der Waals surface area contributed by atoms with Crippen LogP contribution < -0.4 is 0 Å². The van der Waals surface area contributed by atoms with Crippen molar-refractivity contribution in [3.8, 4) is 0 Å². The third kappa shape index (κ3) is 3.14. The quantitative estimate of drug-likeness (QED) is 0.829. The smallest absolute Gasteiger partial charge is 0.124 e. The number of likely N-dealkylation sites (tertiary alicyclic amines) is 1. The molecule has 106 valence electrons. The normalized spacial score (nSPS) is 28.4. The van der Waals surface area contributed by atoms with Crippen molar-refractivity contribution in [2.75, 3.05) is 46.1 Å². The van der Waals surface area contributed by atoms with E-state index in [1.807, 2.05) is 23.1 Å². The predicted octanol–water partition coefficient (Wildman–Crippen LogP) is -0.0922. The highest BCUT2D eigenvalue weighted by atomic mass is 16.6. The topological polar surface area (TPSA) is 59.8 Å². The number of aromatic nitrogens is 2. The number of aliphatic hydroxyl groups is 1. The molecule has 6 heteroatoms. The van der Waals surface area contributed by atoms with Gasteiger partial charge in [0.25, 0.3) is 0 Å². The van der Waals surface area contributed by atoms with Crippen molar-refractivity contribution in [1.82, 2.24) is 14.7 Å². The largest absolute Gasteiger partial charge is 0.384 e. The summed E-state index contributed by atoms with van der Waals surface area (Å²) in [5.41, 5.74) is -0.879. The maximum atomic E-state index is 10.5. The van der Waals surface area contributed by atoms with E-state index in [9.17, 15) is 5.11 Å². The van der Waals surface area contributed by atoms with Crippen molar-refractivity contribution in [2.24, 2.45) is 0 Å². The Labute approximate surface area is 112 Å². The van der Waals surface area contributed by atoms with Crippen molar-refractivity contribution in [1.29, 1.82) is 0 Å². The first kappa shape index (κ1) is 13.1. The Morgan fingerprint density at radius 3 is 2.79 bits per heavy atom. The highest BCUT2D eigenvalue weighted by molar-refractivity contribution is 4.90. The minimum Gasteiger partial charge on any atom is -0.384 e. The lowest BCUT2D eigenvalue weighted by Crippen LogP contribution is -2.48. The second kappa shape index (κ2) is 5.58. The molecule has 0 bridgehead atoms. The van der Waals surface area contributed by atoms with Crippen LogP contribution in [0.2, 0.25) is 0 Å². The van der Waals surface area contributed by atoms with Crippen LogP contribution in [0.25, 0.3) is 0 Å². The van der Waals surface area contributed by atoms with Gasteiger partial charge in [-0.25, -0.2) is 0 Å². The Morgan fingerprint density at radius 2 is 2.11 bits per heavy atom. The molecule has 2 aliphatic heterocycles. The zero-order chi connectivity index (χ0) is 13.1. The van der Waals surface area contributed by atoms with E-state index in [4.69, 9.17) is 9.47 Å². The Bertz CT molecular complexity index is 388. The second-order valence-corrected chi connectivity index (χ2v) is 5.49. The fourth-order valence-corrected chi connectivity index (χ4v) is 2.86. The number of nitrogens with zero attached hydrogens (tertiary/aromatic N) is 3. The molecule has 2 aliphatic rings. The average Bonchev–Trinajstić information content (AvgIpc) is 3.00. The maximum Gasteiger partial charge on any atom is 0.124 e. The molecule has 19 heavy (non-hydrogen) atoms. The van der Waals surface area contributed by atoms with Gasteiger partial charge in [0, 0.05) is 32.0 Å². The fraction of sp³-hybridized carbons (Fsp3) is 0.769. The van der Waals surface area contributed by atoms with Crippen molar-refractivity contribution in [3.05, 3.63) is 18.5 Å². The van der Waals surface area contributed by atoms with Gasteiger partial charge in [-0.2, -0.15) is 5.10 Å². The van der Waals surface area contributed by atoms with E-state index >= 15 is 0 Å². The molecule has 6 nitrogen and oxygen atoms in total. The lowest BCUT2D eigenvalue weighted by Gasteiger charge is -2.30. The third-order valence-electron chi connectivity index (χ3n) is 3.78. The monoisotopic (exact) mass is 267 g/mol. The third-order valence-corrected chi connectivity index (χ3v) is 3.78. The van der Waals surface area contributed by atoms with E-state index in [-0.39, 0.29) is 0 Å². The van der Waals surface area contributed by atoms with Gasteiger partial charge in [-0.15, -0.1) is 0 Å². The van der Waals surface area contributed by atoms with E-state index in [1.54, 1.807) is 0 Å². The van der Waals surface area contributed by atoms with Gasteiger partial charge in [-0.3, -0.25) is 9.58 Å². The average molecular weight is 267 g/mol. The predicted molar refractivity (Wildman–Crippen MR) is 68.9 cm³/mol. The second-order valence-electron chi connectivity index (χ2n) is 5.49. The van der Waals surface area contributed by atoms with Gasteiger partial charge < -0.3 is 14.6 Å². The number of ether oxygens (including phenoxy) is 2. The first-order chi connectivity index (χ1) is 9.25. The minimum atomic E-state index is -0.879. The first-order valence-corrected chi connectivity index (χ1v) is 6.85. The molecule has 1 unspecified atom stereocenters. The molecule has 1 aromatic heterocycles. The zero-order valence-electron chi connectivity index (χ0n) is 11.1. The van der Waals surface area contributed by atoms with Gasteiger partial charge >= 0.3 is 0 Å². The Balaban J connectivity index is 1.56. The fourth-order valence-electron chi connectivity index (χ4n) is 2.86. The number of hydrogen-bond acceptors (Lipinski definition) is 5. The van der Waals surface area contributed by atoms with Gasteiger partial charge in [0.2, 0.25) is 0 Å². The summed E-state index contributed by atoms with van der Waals surface area (Å²) in [6, 6.07) is 2.36. The summed E-state index contributed by atoms with van der Waals surface area (Å²) in [6.07, 6.45) is 4.88. The van der Waals surface area contributed by atoms with Crippen LogP contribution in [0.4, 0.5) is 0 Å². The molecule has 0 saturated carbocycles. The summed E-state index contributed by atoms with van der Waals surface area (Å²) in [4.78, 5) is 2.27. The zero-order valence-corrected chi connectivity index (χ0v) is 11.1.